The van der Waals surface area contributed by atoms with Crippen molar-refractivity contribution in [2.45, 2.75) is 39.0 Å². The van der Waals surface area contributed by atoms with Gasteiger partial charge in [-0.2, -0.15) is 0 Å². The van der Waals surface area contributed by atoms with Crippen molar-refractivity contribution in [3.05, 3.63) is 181 Å². The molecule has 0 radical (unpaired) electrons. The molecule has 2 nitrogen and oxygen atoms in total. The Kier molecular flexibility index (Phi) is 11.2. The molecule has 230 valence electrons. The molecular formula is C42H42N2P2. The summed E-state index contributed by atoms with van der Waals surface area (Å²) in [5.41, 5.74) is 2.73. The molecule has 0 aliphatic heterocycles. The molecule has 0 saturated heterocycles. The average Bonchev–Trinajstić information content (AvgIpc) is 3.12. The summed E-state index contributed by atoms with van der Waals surface area (Å²) < 4.78 is 0. The van der Waals surface area contributed by atoms with E-state index in [4.69, 9.17) is 0 Å². The van der Waals surface area contributed by atoms with Crippen LogP contribution >= 0.6 is 15.8 Å². The van der Waals surface area contributed by atoms with E-state index in [0.29, 0.717) is 0 Å². The van der Waals surface area contributed by atoms with Gasteiger partial charge in [0, 0.05) is 25.2 Å². The zero-order chi connectivity index (χ0) is 31.6. The van der Waals surface area contributed by atoms with Crippen LogP contribution in [0, 0.1) is 0 Å². The minimum absolute atomic E-state index is 0.282. The van der Waals surface area contributed by atoms with Gasteiger partial charge in [-0.15, -0.1) is 0 Å². The molecule has 6 rings (SSSR count). The Morgan fingerprint density at radius 3 is 0.935 bits per heavy atom. The highest BCUT2D eigenvalue weighted by Crippen LogP contribution is 2.35. The average molecular weight is 637 g/mol. The molecule has 0 aromatic heterocycles. The van der Waals surface area contributed by atoms with Crippen molar-refractivity contribution in [1.29, 1.82) is 0 Å². The molecule has 46 heavy (non-hydrogen) atoms. The zero-order valence-electron chi connectivity index (χ0n) is 26.6. The van der Waals surface area contributed by atoms with Gasteiger partial charge in [-0.25, -0.2) is 0 Å². The van der Waals surface area contributed by atoms with Crippen molar-refractivity contribution in [3.63, 3.8) is 0 Å². The van der Waals surface area contributed by atoms with Gasteiger partial charge < -0.3 is 10.6 Å². The highest BCUT2D eigenvalue weighted by atomic mass is 31.1. The Balaban J connectivity index is 1.17. The Labute approximate surface area is 277 Å². The molecule has 4 heteroatoms. The minimum Gasteiger partial charge on any atom is -0.309 e. The summed E-state index contributed by atoms with van der Waals surface area (Å²) in [6, 6.07) is 62.4. The fourth-order valence-corrected chi connectivity index (χ4v) is 10.8. The van der Waals surface area contributed by atoms with Crippen molar-refractivity contribution < 1.29 is 0 Å². The Morgan fingerprint density at radius 2 is 0.630 bits per heavy atom. The van der Waals surface area contributed by atoms with E-state index in [2.05, 4.69) is 194 Å². The molecule has 0 bridgehead atoms. The van der Waals surface area contributed by atoms with E-state index in [9.17, 15) is 0 Å². The lowest BCUT2D eigenvalue weighted by atomic mass is 10.1. The first-order chi connectivity index (χ1) is 22.7. The van der Waals surface area contributed by atoms with Crippen molar-refractivity contribution in [2.75, 3.05) is 0 Å². The van der Waals surface area contributed by atoms with E-state index in [1.54, 1.807) is 0 Å². The predicted octanol–water partition coefficient (Wildman–Crippen LogP) is 6.86. The molecule has 0 heterocycles. The van der Waals surface area contributed by atoms with Crippen LogP contribution in [0.3, 0.4) is 0 Å². The maximum Gasteiger partial charge on any atom is 0.0215 e. The van der Waals surface area contributed by atoms with E-state index < -0.39 is 15.8 Å². The second kappa shape index (κ2) is 16.1. The fourth-order valence-electron chi connectivity index (χ4n) is 5.82. The second-order valence-corrected chi connectivity index (χ2v) is 16.0. The summed E-state index contributed by atoms with van der Waals surface area (Å²) in [4.78, 5) is 0. The summed E-state index contributed by atoms with van der Waals surface area (Å²) >= 11 is 0. The van der Waals surface area contributed by atoms with Crippen LogP contribution in [-0.2, 0) is 13.1 Å². The maximum absolute atomic E-state index is 3.87. The van der Waals surface area contributed by atoms with Crippen LogP contribution in [0.1, 0.15) is 25.0 Å². The van der Waals surface area contributed by atoms with Crippen molar-refractivity contribution in [1.82, 2.24) is 10.6 Å². The Bertz CT molecular complexity index is 1570. The molecule has 0 amide bonds. The number of rotatable bonds is 13. The maximum atomic E-state index is 3.87. The molecular weight excluding hydrogens is 594 g/mol. The summed E-state index contributed by atoms with van der Waals surface area (Å²) in [6.45, 7) is 6.24. The molecule has 0 spiro atoms. The smallest absolute Gasteiger partial charge is 0.0215 e. The van der Waals surface area contributed by atoms with Crippen LogP contribution in [0.4, 0.5) is 0 Å². The lowest BCUT2D eigenvalue weighted by Gasteiger charge is -2.27. The lowest BCUT2D eigenvalue weighted by molar-refractivity contribution is 0.407. The third kappa shape index (κ3) is 7.90. The second-order valence-electron chi connectivity index (χ2n) is 11.6. The molecule has 6 aromatic carbocycles. The van der Waals surface area contributed by atoms with Gasteiger partial charge in [0.1, 0.15) is 0 Å². The van der Waals surface area contributed by atoms with Gasteiger partial charge in [0.05, 0.1) is 0 Å². The van der Waals surface area contributed by atoms with Gasteiger partial charge in [-0.1, -0.05) is 170 Å². The molecule has 0 fully saturated rings. The third-order valence-corrected chi connectivity index (χ3v) is 13.6. The van der Waals surface area contributed by atoms with Crippen molar-refractivity contribution in [3.8, 4) is 0 Å². The standard InChI is InChI=1S/C42H42N2P2/c1-33(43-31-35-19-15-17-29-41(35)45(37-21-7-3-8-22-37)38-23-9-4-10-24-38)34(2)44-32-36-20-16-18-30-42(36)46(39-25-11-5-12-26-39)40-27-13-6-14-28-40/h3-30,33-34,43-44H,31-32H2,1-2H3. The van der Waals surface area contributed by atoms with Gasteiger partial charge in [0.25, 0.3) is 0 Å². The van der Waals surface area contributed by atoms with E-state index in [-0.39, 0.29) is 12.1 Å². The normalized spacial score (nSPS) is 12.7. The number of benzene rings is 6. The molecule has 0 aliphatic carbocycles. The van der Waals surface area contributed by atoms with Crippen LogP contribution < -0.4 is 42.5 Å². The van der Waals surface area contributed by atoms with Crippen LogP contribution in [0.5, 0.6) is 0 Å². The van der Waals surface area contributed by atoms with E-state index in [1.807, 2.05) is 0 Å². The highest BCUT2D eigenvalue weighted by molar-refractivity contribution is 7.80. The predicted molar refractivity (Wildman–Crippen MR) is 203 cm³/mol. The highest BCUT2D eigenvalue weighted by Gasteiger charge is 2.22. The van der Waals surface area contributed by atoms with Gasteiger partial charge >= 0.3 is 0 Å². The topological polar surface area (TPSA) is 24.1 Å². The molecule has 0 saturated carbocycles. The molecule has 6 aromatic rings. The Hall–Kier alpha value is -3.90. The Morgan fingerprint density at radius 1 is 0.370 bits per heavy atom. The monoisotopic (exact) mass is 636 g/mol. The van der Waals surface area contributed by atoms with Crippen molar-refractivity contribution >= 4 is 47.7 Å². The third-order valence-electron chi connectivity index (χ3n) is 8.50. The first-order valence-electron chi connectivity index (χ1n) is 16.1. The van der Waals surface area contributed by atoms with Crippen molar-refractivity contribution in [2.24, 2.45) is 0 Å². The van der Waals surface area contributed by atoms with Gasteiger partial charge in [0.15, 0.2) is 0 Å². The summed E-state index contributed by atoms with van der Waals surface area (Å²) in [7, 11) is -1.30. The zero-order valence-corrected chi connectivity index (χ0v) is 28.4. The van der Waals surface area contributed by atoms with Crippen LogP contribution in [0.15, 0.2) is 170 Å². The lowest BCUT2D eigenvalue weighted by Crippen LogP contribution is -2.44. The van der Waals surface area contributed by atoms with Crippen LogP contribution in [0.25, 0.3) is 0 Å². The van der Waals surface area contributed by atoms with Gasteiger partial charge in [-0.05, 0) is 72.6 Å². The van der Waals surface area contributed by atoms with Gasteiger partial charge in [0.2, 0.25) is 0 Å². The molecule has 0 aliphatic rings. The van der Waals surface area contributed by atoms with E-state index >= 15 is 0 Å². The molecule has 2 N–H and O–H groups in total. The first-order valence-corrected chi connectivity index (χ1v) is 18.8. The SMILES string of the molecule is CC(NCc1ccccc1P(c1ccccc1)c1ccccc1)C(C)NCc1ccccc1P(c1ccccc1)c1ccccc1. The number of nitrogens with one attached hydrogen (secondary N) is 2. The number of hydrogen-bond acceptors (Lipinski definition) is 2. The van der Waals surface area contributed by atoms with Crippen LogP contribution in [-0.4, -0.2) is 12.1 Å². The van der Waals surface area contributed by atoms with E-state index in [1.165, 1.54) is 43.0 Å². The largest absolute Gasteiger partial charge is 0.309 e. The quantitative estimate of drug-likeness (QED) is 0.136. The first kappa shape index (κ1) is 32.1. The minimum atomic E-state index is -0.652. The molecule has 2 atom stereocenters. The summed E-state index contributed by atoms with van der Waals surface area (Å²) in [5.74, 6) is 0. The molecule has 2 unspecified atom stereocenters. The summed E-state index contributed by atoms with van der Waals surface area (Å²) in [6.07, 6.45) is 0. The van der Waals surface area contributed by atoms with E-state index in [0.717, 1.165) is 13.1 Å². The van der Waals surface area contributed by atoms with Gasteiger partial charge in [-0.3, -0.25) is 0 Å². The fraction of sp³-hybridized carbons (Fsp3) is 0.143. The summed E-state index contributed by atoms with van der Waals surface area (Å²) in [5, 5.41) is 16.1. The number of hydrogen-bond donors (Lipinski definition) is 2. The van der Waals surface area contributed by atoms with Crippen LogP contribution in [0.2, 0.25) is 0 Å².